The van der Waals surface area contributed by atoms with Crippen molar-refractivity contribution in [1.29, 1.82) is 0 Å². The Hall–Kier alpha value is -1.55. The van der Waals surface area contributed by atoms with Crippen LogP contribution < -0.4 is 16.0 Å². The molecule has 4 heteroatoms. The average molecular weight is 222 g/mol. The number of hydrogen-bond donors (Lipinski definition) is 2. The lowest BCUT2D eigenvalue weighted by molar-refractivity contribution is -0.121. The Balaban J connectivity index is 2.48. The van der Waals surface area contributed by atoms with Gasteiger partial charge < -0.3 is 4.74 Å². The van der Waals surface area contributed by atoms with Gasteiger partial charge in [-0.2, -0.15) is 0 Å². The fourth-order valence-electron chi connectivity index (χ4n) is 1.34. The van der Waals surface area contributed by atoms with Crippen LogP contribution in [-0.2, 0) is 11.2 Å². The number of nitrogens with two attached hydrogens (primary N) is 1. The summed E-state index contributed by atoms with van der Waals surface area (Å²) >= 11 is 0. The van der Waals surface area contributed by atoms with E-state index in [9.17, 15) is 4.79 Å². The lowest BCUT2D eigenvalue weighted by atomic mass is 10.1. The van der Waals surface area contributed by atoms with Crippen LogP contribution in [0.15, 0.2) is 24.3 Å². The second kappa shape index (κ2) is 6.12. The Bertz CT molecular complexity index is 333. The van der Waals surface area contributed by atoms with Gasteiger partial charge in [-0.05, 0) is 38.0 Å². The van der Waals surface area contributed by atoms with Crippen molar-refractivity contribution in [3.63, 3.8) is 0 Å². The molecule has 1 amide bonds. The summed E-state index contributed by atoms with van der Waals surface area (Å²) in [5.74, 6) is 5.69. The van der Waals surface area contributed by atoms with E-state index in [4.69, 9.17) is 10.6 Å². The van der Waals surface area contributed by atoms with E-state index in [0.717, 1.165) is 11.3 Å². The van der Waals surface area contributed by atoms with Crippen molar-refractivity contribution in [2.24, 2.45) is 5.84 Å². The van der Waals surface area contributed by atoms with Gasteiger partial charge in [0.15, 0.2) is 0 Å². The Kier molecular flexibility index (Phi) is 4.79. The van der Waals surface area contributed by atoms with Gasteiger partial charge in [-0.1, -0.05) is 12.1 Å². The van der Waals surface area contributed by atoms with Crippen molar-refractivity contribution in [2.75, 3.05) is 0 Å². The molecule has 0 aromatic heterocycles. The Labute approximate surface area is 95.8 Å². The fourth-order valence-corrected chi connectivity index (χ4v) is 1.34. The first kappa shape index (κ1) is 12.5. The molecule has 88 valence electrons. The molecular formula is C12H18N2O2. The minimum absolute atomic E-state index is 0.150. The number of carbonyl (C=O) groups excluding carboxylic acids is 1. The number of hydrazine groups is 1. The second-order valence-corrected chi connectivity index (χ2v) is 3.88. The van der Waals surface area contributed by atoms with E-state index in [-0.39, 0.29) is 12.0 Å². The van der Waals surface area contributed by atoms with Crippen LogP contribution in [0.2, 0.25) is 0 Å². The third-order valence-corrected chi connectivity index (χ3v) is 2.10. The van der Waals surface area contributed by atoms with Crippen molar-refractivity contribution in [3.05, 3.63) is 29.8 Å². The molecule has 1 rings (SSSR count). The zero-order valence-corrected chi connectivity index (χ0v) is 9.69. The number of ether oxygens (including phenoxy) is 1. The monoisotopic (exact) mass is 222 g/mol. The molecule has 0 aliphatic carbocycles. The van der Waals surface area contributed by atoms with Gasteiger partial charge in [0, 0.05) is 6.42 Å². The molecule has 0 unspecified atom stereocenters. The molecule has 3 N–H and O–H groups in total. The Morgan fingerprint density at radius 1 is 1.38 bits per heavy atom. The Morgan fingerprint density at radius 3 is 2.50 bits per heavy atom. The smallest absolute Gasteiger partial charge is 0.234 e. The number of carbonyl (C=O) groups is 1. The van der Waals surface area contributed by atoms with Crippen molar-refractivity contribution >= 4 is 5.91 Å². The SMILES string of the molecule is CC(C)Oc1ccc(CCC(=O)NN)cc1. The zero-order chi connectivity index (χ0) is 12.0. The third kappa shape index (κ3) is 4.31. The predicted molar refractivity (Wildman–Crippen MR) is 62.9 cm³/mol. The third-order valence-electron chi connectivity index (χ3n) is 2.10. The van der Waals surface area contributed by atoms with E-state index in [0.29, 0.717) is 12.8 Å². The average Bonchev–Trinajstić information content (AvgIpc) is 2.27. The molecule has 4 nitrogen and oxygen atoms in total. The first-order chi connectivity index (χ1) is 7.61. The van der Waals surface area contributed by atoms with E-state index in [1.165, 1.54) is 0 Å². The number of rotatable bonds is 5. The van der Waals surface area contributed by atoms with Crippen LogP contribution in [0.25, 0.3) is 0 Å². The van der Waals surface area contributed by atoms with Crippen LogP contribution in [0.4, 0.5) is 0 Å². The number of aryl methyl sites for hydroxylation is 1. The first-order valence-corrected chi connectivity index (χ1v) is 5.37. The van der Waals surface area contributed by atoms with E-state index >= 15 is 0 Å². The van der Waals surface area contributed by atoms with E-state index in [2.05, 4.69) is 5.43 Å². The van der Waals surface area contributed by atoms with Gasteiger partial charge in [-0.15, -0.1) is 0 Å². The van der Waals surface area contributed by atoms with Crippen molar-refractivity contribution in [1.82, 2.24) is 5.43 Å². The summed E-state index contributed by atoms with van der Waals surface area (Å²) in [5, 5.41) is 0. The molecule has 0 radical (unpaired) electrons. The highest BCUT2D eigenvalue weighted by atomic mass is 16.5. The van der Waals surface area contributed by atoms with Gasteiger partial charge in [0.1, 0.15) is 5.75 Å². The molecule has 0 saturated heterocycles. The predicted octanol–water partition coefficient (Wildman–Crippen LogP) is 1.40. The molecule has 0 fully saturated rings. The van der Waals surface area contributed by atoms with Crippen molar-refractivity contribution < 1.29 is 9.53 Å². The molecule has 0 saturated carbocycles. The molecule has 1 aromatic rings. The quantitative estimate of drug-likeness (QED) is 0.449. The lowest BCUT2D eigenvalue weighted by Crippen LogP contribution is -2.30. The number of hydrogen-bond acceptors (Lipinski definition) is 3. The minimum atomic E-state index is -0.150. The number of nitrogens with one attached hydrogen (secondary N) is 1. The van der Waals surface area contributed by atoms with Gasteiger partial charge in [0.2, 0.25) is 5.91 Å². The maximum atomic E-state index is 10.9. The molecular weight excluding hydrogens is 204 g/mol. The summed E-state index contributed by atoms with van der Waals surface area (Å²) in [6.45, 7) is 3.97. The summed E-state index contributed by atoms with van der Waals surface area (Å²) in [4.78, 5) is 10.9. The van der Waals surface area contributed by atoms with Crippen LogP contribution in [0.1, 0.15) is 25.8 Å². The summed E-state index contributed by atoms with van der Waals surface area (Å²) in [6, 6.07) is 7.74. The van der Waals surface area contributed by atoms with Crippen LogP contribution in [0, 0.1) is 0 Å². The molecule has 1 aromatic carbocycles. The Morgan fingerprint density at radius 2 is 2.00 bits per heavy atom. The number of amides is 1. The van der Waals surface area contributed by atoms with E-state index in [1.807, 2.05) is 38.1 Å². The standard InChI is InChI=1S/C12H18N2O2/c1-9(2)16-11-6-3-10(4-7-11)5-8-12(15)14-13/h3-4,6-7,9H,5,8,13H2,1-2H3,(H,14,15). The maximum absolute atomic E-state index is 10.9. The molecule has 0 aliphatic heterocycles. The largest absolute Gasteiger partial charge is 0.491 e. The molecule has 0 spiro atoms. The molecule has 0 bridgehead atoms. The number of benzene rings is 1. The van der Waals surface area contributed by atoms with Gasteiger partial charge in [0.25, 0.3) is 0 Å². The normalized spacial score (nSPS) is 10.2. The second-order valence-electron chi connectivity index (χ2n) is 3.88. The van der Waals surface area contributed by atoms with Gasteiger partial charge in [0.05, 0.1) is 6.10 Å². The summed E-state index contributed by atoms with van der Waals surface area (Å²) in [5.41, 5.74) is 3.21. The molecule has 0 heterocycles. The molecule has 16 heavy (non-hydrogen) atoms. The van der Waals surface area contributed by atoms with Crippen LogP contribution >= 0.6 is 0 Å². The topological polar surface area (TPSA) is 64.3 Å². The summed E-state index contributed by atoms with van der Waals surface area (Å²) in [7, 11) is 0. The van der Waals surface area contributed by atoms with Crippen molar-refractivity contribution in [2.45, 2.75) is 32.8 Å². The first-order valence-electron chi connectivity index (χ1n) is 5.37. The van der Waals surface area contributed by atoms with Crippen molar-refractivity contribution in [3.8, 4) is 5.75 Å². The minimum Gasteiger partial charge on any atom is -0.491 e. The highest BCUT2D eigenvalue weighted by molar-refractivity contribution is 5.75. The van der Waals surface area contributed by atoms with E-state index < -0.39 is 0 Å². The van der Waals surface area contributed by atoms with E-state index in [1.54, 1.807) is 0 Å². The van der Waals surface area contributed by atoms with Gasteiger partial charge in [-0.25, -0.2) is 5.84 Å². The van der Waals surface area contributed by atoms with Crippen LogP contribution in [-0.4, -0.2) is 12.0 Å². The lowest BCUT2D eigenvalue weighted by Gasteiger charge is -2.09. The van der Waals surface area contributed by atoms with Crippen LogP contribution in [0.3, 0.4) is 0 Å². The van der Waals surface area contributed by atoms with Gasteiger partial charge >= 0.3 is 0 Å². The van der Waals surface area contributed by atoms with Gasteiger partial charge in [-0.3, -0.25) is 10.2 Å². The van der Waals surface area contributed by atoms with Crippen LogP contribution in [0.5, 0.6) is 5.75 Å². The zero-order valence-electron chi connectivity index (χ0n) is 9.69. The molecule has 0 atom stereocenters. The summed E-state index contributed by atoms with van der Waals surface area (Å²) < 4.78 is 5.52. The maximum Gasteiger partial charge on any atom is 0.234 e. The highest BCUT2D eigenvalue weighted by Gasteiger charge is 2.01. The summed E-state index contributed by atoms with van der Waals surface area (Å²) in [6.07, 6.45) is 1.26. The highest BCUT2D eigenvalue weighted by Crippen LogP contribution is 2.14. The fraction of sp³-hybridized carbons (Fsp3) is 0.417. The molecule has 0 aliphatic rings.